The van der Waals surface area contributed by atoms with E-state index in [1.807, 2.05) is 12.1 Å². The van der Waals surface area contributed by atoms with Crippen molar-refractivity contribution < 1.29 is 14.3 Å². The van der Waals surface area contributed by atoms with Gasteiger partial charge in [-0.1, -0.05) is 13.8 Å². The van der Waals surface area contributed by atoms with E-state index in [-0.39, 0.29) is 5.41 Å². The maximum absolute atomic E-state index is 12.0. The van der Waals surface area contributed by atoms with Crippen molar-refractivity contribution in [2.24, 2.45) is 0 Å². The van der Waals surface area contributed by atoms with Crippen LogP contribution in [0.3, 0.4) is 0 Å². The lowest BCUT2D eigenvalue weighted by Gasteiger charge is -2.32. The largest absolute Gasteiger partial charge is 0.493 e. The molecule has 1 aliphatic heterocycles. The van der Waals surface area contributed by atoms with Crippen molar-refractivity contribution in [1.29, 1.82) is 0 Å². The maximum atomic E-state index is 12.0. The smallest absolute Gasteiger partial charge is 0.341 e. The molecule has 0 N–H and O–H groups in total. The third-order valence-electron chi connectivity index (χ3n) is 4.52. The van der Waals surface area contributed by atoms with Crippen LogP contribution < -0.4 is 4.74 Å². The van der Waals surface area contributed by atoms with Crippen molar-refractivity contribution in [1.82, 2.24) is 4.98 Å². The Bertz CT molecular complexity index is 862. The summed E-state index contributed by atoms with van der Waals surface area (Å²) in [5.74, 6) is 2.95. The molecule has 4 nitrogen and oxygen atoms in total. The molecule has 0 saturated heterocycles. The Morgan fingerprint density at radius 3 is 2.88 bits per heavy atom. The third-order valence-corrected chi connectivity index (χ3v) is 4.52. The number of carbonyl (C=O) groups is 1. The molecular weight excluding hydrogens is 314 g/mol. The molecule has 0 bridgehead atoms. The van der Waals surface area contributed by atoms with Gasteiger partial charge in [-0.2, -0.15) is 0 Å². The summed E-state index contributed by atoms with van der Waals surface area (Å²) in [4.78, 5) is 16.5. The monoisotopic (exact) mass is 335 g/mol. The summed E-state index contributed by atoms with van der Waals surface area (Å²) >= 11 is 0. The molecule has 1 aromatic carbocycles. The minimum atomic E-state index is -0.450. The molecule has 0 spiro atoms. The lowest BCUT2D eigenvalue weighted by molar-refractivity contribution is 0.0525. The van der Waals surface area contributed by atoms with E-state index in [9.17, 15) is 4.79 Å². The Hall–Kier alpha value is -2.80. The Labute approximate surface area is 148 Å². The number of rotatable bonds is 3. The van der Waals surface area contributed by atoms with E-state index in [4.69, 9.17) is 15.9 Å². The molecule has 0 aliphatic carbocycles. The van der Waals surface area contributed by atoms with E-state index in [2.05, 4.69) is 30.8 Å². The molecule has 0 radical (unpaired) electrons. The van der Waals surface area contributed by atoms with Crippen molar-refractivity contribution in [2.45, 2.75) is 32.6 Å². The molecule has 4 heteroatoms. The molecule has 0 atom stereocenters. The fraction of sp³-hybridized carbons (Fsp3) is 0.333. The summed E-state index contributed by atoms with van der Waals surface area (Å²) in [6.07, 6.45) is 6.51. The molecule has 2 heterocycles. The third kappa shape index (κ3) is 3.23. The number of fused-ring (bicyclic) bond motifs is 1. The summed E-state index contributed by atoms with van der Waals surface area (Å²) in [6, 6.07) is 9.51. The van der Waals surface area contributed by atoms with Gasteiger partial charge in [0.15, 0.2) is 0 Å². The summed E-state index contributed by atoms with van der Waals surface area (Å²) < 4.78 is 10.8. The Balaban J connectivity index is 2.03. The summed E-state index contributed by atoms with van der Waals surface area (Å²) in [6.45, 7) is 7.20. The number of hydrogen-bond acceptors (Lipinski definition) is 4. The maximum Gasteiger partial charge on any atom is 0.341 e. The highest BCUT2D eigenvalue weighted by Crippen LogP contribution is 2.40. The van der Waals surface area contributed by atoms with Crippen LogP contribution in [0.25, 0.3) is 11.3 Å². The molecule has 0 saturated carbocycles. The highest BCUT2D eigenvalue weighted by Gasteiger charge is 2.29. The van der Waals surface area contributed by atoms with E-state index in [0.29, 0.717) is 17.9 Å². The van der Waals surface area contributed by atoms with Crippen LogP contribution in [0.15, 0.2) is 30.3 Å². The molecule has 0 amide bonds. The molecule has 128 valence electrons. The van der Waals surface area contributed by atoms with E-state index in [0.717, 1.165) is 35.6 Å². The number of esters is 1. The number of ether oxygens (including phenoxy) is 2. The van der Waals surface area contributed by atoms with Gasteiger partial charge in [0.2, 0.25) is 0 Å². The Morgan fingerprint density at radius 2 is 2.16 bits per heavy atom. The van der Waals surface area contributed by atoms with E-state index >= 15 is 0 Å². The Kier molecular flexibility index (Phi) is 4.50. The van der Waals surface area contributed by atoms with Gasteiger partial charge in [-0.15, -0.1) is 6.42 Å². The van der Waals surface area contributed by atoms with Crippen LogP contribution in [-0.2, 0) is 10.2 Å². The van der Waals surface area contributed by atoms with E-state index in [1.165, 1.54) is 0 Å². The van der Waals surface area contributed by atoms with Gasteiger partial charge < -0.3 is 9.47 Å². The molecule has 3 rings (SSSR count). The van der Waals surface area contributed by atoms with Crippen LogP contribution in [0.2, 0.25) is 0 Å². The van der Waals surface area contributed by atoms with Gasteiger partial charge in [-0.05, 0) is 55.0 Å². The lowest BCUT2D eigenvalue weighted by atomic mass is 9.79. The number of benzene rings is 1. The minimum Gasteiger partial charge on any atom is -0.493 e. The van der Waals surface area contributed by atoms with Gasteiger partial charge in [0.1, 0.15) is 11.4 Å². The van der Waals surface area contributed by atoms with Gasteiger partial charge in [0, 0.05) is 11.1 Å². The van der Waals surface area contributed by atoms with Gasteiger partial charge in [0.05, 0.1) is 24.5 Å². The fourth-order valence-electron chi connectivity index (χ4n) is 3.00. The lowest BCUT2D eigenvalue weighted by Crippen LogP contribution is -2.26. The summed E-state index contributed by atoms with van der Waals surface area (Å²) in [7, 11) is 0. The highest BCUT2D eigenvalue weighted by atomic mass is 16.5. The second-order valence-corrected chi connectivity index (χ2v) is 6.65. The van der Waals surface area contributed by atoms with Crippen molar-refractivity contribution in [3.05, 3.63) is 47.2 Å². The molecule has 25 heavy (non-hydrogen) atoms. The topological polar surface area (TPSA) is 48.4 Å². The molecule has 0 fully saturated rings. The normalized spacial score (nSPS) is 14.8. The van der Waals surface area contributed by atoms with Crippen molar-refractivity contribution in [3.8, 4) is 29.4 Å². The van der Waals surface area contributed by atoms with Crippen LogP contribution in [0.4, 0.5) is 0 Å². The first-order valence-electron chi connectivity index (χ1n) is 8.38. The first-order valence-corrected chi connectivity index (χ1v) is 8.38. The number of hydrogen-bond donors (Lipinski definition) is 0. The molecule has 1 aliphatic rings. The second-order valence-electron chi connectivity index (χ2n) is 6.65. The van der Waals surface area contributed by atoms with E-state index in [1.54, 1.807) is 19.1 Å². The highest BCUT2D eigenvalue weighted by molar-refractivity contribution is 5.92. The number of pyridine rings is 1. The van der Waals surface area contributed by atoms with Crippen LogP contribution in [0.5, 0.6) is 5.75 Å². The summed E-state index contributed by atoms with van der Waals surface area (Å²) in [5, 5.41) is 0. The number of nitrogens with zero attached hydrogens (tertiary/aromatic N) is 1. The van der Waals surface area contributed by atoms with Crippen LogP contribution in [0.1, 0.15) is 48.8 Å². The zero-order chi connectivity index (χ0) is 18.0. The van der Waals surface area contributed by atoms with E-state index < -0.39 is 5.97 Å². The van der Waals surface area contributed by atoms with Crippen LogP contribution in [0, 0.1) is 12.3 Å². The number of carbonyl (C=O) groups excluding carboxylic acids is 1. The quantitative estimate of drug-likeness (QED) is 0.629. The fourth-order valence-corrected chi connectivity index (χ4v) is 3.00. The van der Waals surface area contributed by atoms with Crippen molar-refractivity contribution >= 4 is 5.97 Å². The van der Waals surface area contributed by atoms with Gasteiger partial charge in [-0.3, -0.25) is 0 Å². The van der Waals surface area contributed by atoms with Crippen molar-refractivity contribution in [3.63, 3.8) is 0 Å². The number of terminal acetylenes is 1. The second kappa shape index (κ2) is 6.60. The SMILES string of the molecule is C#Cc1nc(-c2ccc3c(c2)C(C)(C)CCO3)ccc1C(=O)OCC. The molecule has 0 unspecified atom stereocenters. The standard InChI is InChI=1S/C21H21NO3/c1-5-17-15(20(23)24-6-2)8-9-18(22-17)14-7-10-19-16(13-14)21(3,4)11-12-25-19/h1,7-10,13H,6,11-12H2,2-4H3. The predicted molar refractivity (Wildman–Crippen MR) is 96.7 cm³/mol. The first-order chi connectivity index (χ1) is 12.0. The van der Waals surface area contributed by atoms with Gasteiger partial charge >= 0.3 is 5.97 Å². The predicted octanol–water partition coefficient (Wildman–Crippen LogP) is 3.97. The molecule has 2 aromatic rings. The Morgan fingerprint density at radius 1 is 1.36 bits per heavy atom. The zero-order valence-corrected chi connectivity index (χ0v) is 14.8. The molecule has 1 aromatic heterocycles. The van der Waals surface area contributed by atoms with Gasteiger partial charge in [0.25, 0.3) is 0 Å². The first kappa shape index (κ1) is 17.0. The zero-order valence-electron chi connectivity index (χ0n) is 14.8. The molecular formula is C21H21NO3. The summed E-state index contributed by atoms with van der Waals surface area (Å²) in [5.41, 5.74) is 3.49. The average Bonchev–Trinajstić information content (AvgIpc) is 2.61. The van der Waals surface area contributed by atoms with Crippen LogP contribution >= 0.6 is 0 Å². The van der Waals surface area contributed by atoms with Gasteiger partial charge in [-0.25, -0.2) is 9.78 Å². The minimum absolute atomic E-state index is 0.0451. The van der Waals surface area contributed by atoms with Crippen LogP contribution in [-0.4, -0.2) is 24.2 Å². The van der Waals surface area contributed by atoms with Crippen molar-refractivity contribution in [2.75, 3.05) is 13.2 Å². The average molecular weight is 335 g/mol. The number of aromatic nitrogens is 1.